The van der Waals surface area contributed by atoms with E-state index < -0.39 is 0 Å². The van der Waals surface area contributed by atoms with Gasteiger partial charge >= 0.3 is 0 Å². The summed E-state index contributed by atoms with van der Waals surface area (Å²) in [5.41, 5.74) is 9.27. The number of rotatable bonds is 5. The molecule has 2 aromatic carbocycles. The first-order valence-electron chi connectivity index (χ1n) is 7.49. The van der Waals surface area contributed by atoms with Gasteiger partial charge in [0.15, 0.2) is 0 Å². The van der Waals surface area contributed by atoms with Crippen LogP contribution in [0.15, 0.2) is 48.5 Å². The number of hydrogen-bond acceptors (Lipinski definition) is 1. The molecule has 0 bridgehead atoms. The lowest BCUT2D eigenvalue weighted by atomic mass is 9.77. The lowest BCUT2D eigenvalue weighted by Crippen LogP contribution is -2.34. The molecule has 0 aliphatic heterocycles. The van der Waals surface area contributed by atoms with E-state index in [-0.39, 0.29) is 11.2 Å². The van der Waals surface area contributed by atoms with Gasteiger partial charge in [-0.3, -0.25) is 0 Å². The Kier molecular flexibility index (Phi) is 4.79. The van der Waals surface area contributed by atoms with Crippen molar-refractivity contribution >= 4 is 0 Å². The molecule has 2 N–H and O–H groups in total. The third-order valence-corrected chi connectivity index (χ3v) is 4.21. The largest absolute Gasteiger partial charge is 0.330 e. The van der Waals surface area contributed by atoms with E-state index in [2.05, 4.69) is 45.0 Å². The first-order valence-corrected chi connectivity index (χ1v) is 7.49. The van der Waals surface area contributed by atoms with Crippen molar-refractivity contribution in [3.63, 3.8) is 0 Å². The van der Waals surface area contributed by atoms with Crippen LogP contribution in [0.5, 0.6) is 0 Å². The van der Waals surface area contributed by atoms with Crippen LogP contribution in [0, 0.1) is 5.82 Å². The molecular formula is C19H24FN. The quantitative estimate of drug-likeness (QED) is 0.865. The van der Waals surface area contributed by atoms with Gasteiger partial charge in [-0.1, -0.05) is 57.2 Å². The second-order valence-corrected chi connectivity index (χ2v) is 6.35. The summed E-state index contributed by atoms with van der Waals surface area (Å²) in [5, 5.41) is 0. The van der Waals surface area contributed by atoms with Gasteiger partial charge in [0, 0.05) is 12.0 Å². The summed E-state index contributed by atoms with van der Waals surface area (Å²) < 4.78 is 13.5. The molecule has 0 saturated heterocycles. The van der Waals surface area contributed by atoms with Gasteiger partial charge in [0.25, 0.3) is 0 Å². The van der Waals surface area contributed by atoms with Crippen LogP contribution >= 0.6 is 0 Å². The first-order chi connectivity index (χ1) is 9.94. The molecule has 1 atom stereocenters. The molecule has 0 fully saturated rings. The minimum atomic E-state index is -0.249. The van der Waals surface area contributed by atoms with Crippen LogP contribution in [0.2, 0.25) is 0 Å². The maximum absolute atomic E-state index is 13.5. The van der Waals surface area contributed by atoms with E-state index in [9.17, 15) is 4.39 Å². The van der Waals surface area contributed by atoms with Crippen LogP contribution < -0.4 is 5.73 Å². The highest BCUT2D eigenvalue weighted by atomic mass is 19.1. The molecule has 0 aromatic heterocycles. The van der Waals surface area contributed by atoms with Crippen LogP contribution in [-0.2, 0) is 11.8 Å². The number of hydrogen-bond donors (Lipinski definition) is 1. The summed E-state index contributed by atoms with van der Waals surface area (Å²) in [6.07, 6.45) is 0.811. The predicted octanol–water partition coefficient (Wildman–Crippen LogP) is 4.41. The molecule has 21 heavy (non-hydrogen) atoms. The van der Waals surface area contributed by atoms with Crippen LogP contribution in [0.3, 0.4) is 0 Å². The lowest BCUT2D eigenvalue weighted by molar-refractivity contribution is 0.476. The Morgan fingerprint density at radius 2 is 1.76 bits per heavy atom. The zero-order valence-electron chi connectivity index (χ0n) is 13.1. The molecule has 0 spiro atoms. The van der Waals surface area contributed by atoms with Crippen molar-refractivity contribution < 1.29 is 4.39 Å². The zero-order valence-corrected chi connectivity index (χ0v) is 13.1. The molecule has 2 aromatic rings. The van der Waals surface area contributed by atoms with E-state index in [4.69, 9.17) is 5.73 Å². The molecule has 2 heteroatoms. The molecule has 0 amide bonds. The molecule has 0 saturated carbocycles. The van der Waals surface area contributed by atoms with Crippen molar-refractivity contribution in [1.82, 2.24) is 0 Å². The van der Waals surface area contributed by atoms with E-state index in [1.165, 1.54) is 17.2 Å². The summed E-state index contributed by atoms with van der Waals surface area (Å²) in [5.74, 6) is 0.325. The maximum Gasteiger partial charge on any atom is 0.123 e. The molecule has 0 aliphatic rings. The summed E-state index contributed by atoms with van der Waals surface area (Å²) in [6.45, 7) is 6.96. The third kappa shape index (κ3) is 3.70. The third-order valence-electron chi connectivity index (χ3n) is 4.21. The van der Waals surface area contributed by atoms with E-state index in [1.807, 2.05) is 6.07 Å². The van der Waals surface area contributed by atoms with Gasteiger partial charge in [-0.2, -0.15) is 0 Å². The zero-order chi connectivity index (χ0) is 15.5. The van der Waals surface area contributed by atoms with Gasteiger partial charge in [-0.25, -0.2) is 4.39 Å². The monoisotopic (exact) mass is 285 g/mol. The fourth-order valence-electron chi connectivity index (χ4n) is 2.63. The predicted molar refractivity (Wildman–Crippen MR) is 87.0 cm³/mol. The Bertz CT molecular complexity index is 589. The Morgan fingerprint density at radius 1 is 1.10 bits per heavy atom. The maximum atomic E-state index is 13.5. The smallest absolute Gasteiger partial charge is 0.123 e. The highest BCUT2D eigenvalue weighted by Crippen LogP contribution is 2.28. The minimum Gasteiger partial charge on any atom is -0.330 e. The van der Waals surface area contributed by atoms with Crippen molar-refractivity contribution in [3.05, 3.63) is 71.0 Å². The van der Waals surface area contributed by atoms with Crippen molar-refractivity contribution in [2.75, 3.05) is 6.54 Å². The van der Waals surface area contributed by atoms with Crippen molar-refractivity contribution in [3.8, 4) is 0 Å². The molecule has 0 aliphatic carbocycles. The van der Waals surface area contributed by atoms with Crippen molar-refractivity contribution in [1.29, 1.82) is 0 Å². The number of nitrogens with two attached hydrogens (primary N) is 1. The summed E-state index contributed by atoms with van der Waals surface area (Å²) in [4.78, 5) is 0. The molecular weight excluding hydrogens is 261 g/mol. The van der Waals surface area contributed by atoms with Gasteiger partial charge in [-0.15, -0.1) is 0 Å². The fourth-order valence-corrected chi connectivity index (χ4v) is 2.63. The van der Waals surface area contributed by atoms with Crippen LogP contribution in [-0.4, -0.2) is 6.54 Å². The first kappa shape index (κ1) is 15.7. The Hall–Kier alpha value is -1.67. The number of benzene rings is 2. The standard InChI is InChI=1S/C19H24FN/c1-14(2)16-9-7-15(8-10-16)12-19(3,13-21)17-5-4-6-18(20)11-17/h4-11,14H,12-13,21H2,1-3H3. The van der Waals surface area contributed by atoms with E-state index in [0.717, 1.165) is 12.0 Å². The molecule has 2 rings (SSSR count). The Balaban J connectivity index is 2.25. The van der Waals surface area contributed by atoms with E-state index in [1.54, 1.807) is 12.1 Å². The van der Waals surface area contributed by atoms with Crippen LogP contribution in [0.1, 0.15) is 43.4 Å². The van der Waals surface area contributed by atoms with Gasteiger partial charge in [-0.05, 0) is 41.2 Å². The molecule has 0 radical (unpaired) electrons. The Morgan fingerprint density at radius 3 is 2.29 bits per heavy atom. The van der Waals surface area contributed by atoms with Gasteiger partial charge < -0.3 is 5.73 Å². The van der Waals surface area contributed by atoms with Gasteiger partial charge in [0.2, 0.25) is 0 Å². The van der Waals surface area contributed by atoms with Crippen molar-refractivity contribution in [2.24, 2.45) is 5.73 Å². The molecule has 0 heterocycles. The fraction of sp³-hybridized carbons (Fsp3) is 0.368. The molecule has 1 unspecified atom stereocenters. The van der Waals surface area contributed by atoms with Crippen LogP contribution in [0.25, 0.3) is 0 Å². The average molecular weight is 285 g/mol. The SMILES string of the molecule is CC(C)c1ccc(CC(C)(CN)c2cccc(F)c2)cc1. The van der Waals surface area contributed by atoms with Gasteiger partial charge in [0.1, 0.15) is 5.82 Å². The lowest BCUT2D eigenvalue weighted by Gasteiger charge is -2.29. The average Bonchev–Trinajstić information content (AvgIpc) is 2.47. The second-order valence-electron chi connectivity index (χ2n) is 6.35. The van der Waals surface area contributed by atoms with E-state index in [0.29, 0.717) is 12.5 Å². The summed E-state index contributed by atoms with van der Waals surface area (Å²) in [7, 11) is 0. The normalized spacial score (nSPS) is 14.2. The van der Waals surface area contributed by atoms with Crippen molar-refractivity contribution in [2.45, 2.75) is 38.5 Å². The molecule has 1 nitrogen and oxygen atoms in total. The minimum absolute atomic E-state index is 0.206. The topological polar surface area (TPSA) is 26.0 Å². The number of halogens is 1. The van der Waals surface area contributed by atoms with Crippen LogP contribution in [0.4, 0.5) is 4.39 Å². The highest BCUT2D eigenvalue weighted by molar-refractivity contribution is 5.31. The second kappa shape index (κ2) is 6.40. The van der Waals surface area contributed by atoms with Gasteiger partial charge in [0.05, 0.1) is 0 Å². The molecule has 112 valence electrons. The Labute approximate surface area is 127 Å². The van der Waals surface area contributed by atoms with E-state index >= 15 is 0 Å². The summed E-state index contributed by atoms with van der Waals surface area (Å²) >= 11 is 0. The summed E-state index contributed by atoms with van der Waals surface area (Å²) in [6, 6.07) is 15.4. The highest BCUT2D eigenvalue weighted by Gasteiger charge is 2.25.